The third kappa shape index (κ3) is 3.65. The van der Waals surface area contributed by atoms with Crippen LogP contribution in [0.15, 0.2) is 48.8 Å². The largest absolute Gasteiger partial charge is 0.480 e. The molecule has 0 aliphatic carbocycles. The van der Waals surface area contributed by atoms with Gasteiger partial charge in [0.05, 0.1) is 29.5 Å². The molecule has 0 spiro atoms. The van der Waals surface area contributed by atoms with Gasteiger partial charge >= 0.3 is 5.97 Å². The van der Waals surface area contributed by atoms with E-state index in [0.717, 1.165) is 0 Å². The summed E-state index contributed by atoms with van der Waals surface area (Å²) in [6.07, 6.45) is 3.82. The fourth-order valence-electron chi connectivity index (χ4n) is 3.85. The van der Waals surface area contributed by atoms with Gasteiger partial charge in [0.2, 0.25) is 0 Å². The molecule has 0 fully saturated rings. The van der Waals surface area contributed by atoms with Gasteiger partial charge in [-0.25, -0.2) is 9.78 Å². The molecule has 8 heteroatoms. The average Bonchev–Trinajstić information content (AvgIpc) is 3.26. The van der Waals surface area contributed by atoms with Crippen molar-refractivity contribution < 1.29 is 23.9 Å². The number of nitrogens with zero attached hydrogens (tertiary/aromatic N) is 3. The summed E-state index contributed by atoms with van der Waals surface area (Å²) < 4.78 is 12.3. The first-order chi connectivity index (χ1) is 14.8. The van der Waals surface area contributed by atoms with Crippen LogP contribution in [-0.2, 0) is 16.0 Å². The zero-order chi connectivity index (χ0) is 22.2. The molecule has 0 bridgehead atoms. The van der Waals surface area contributed by atoms with Crippen LogP contribution in [-0.4, -0.2) is 50.8 Å². The summed E-state index contributed by atoms with van der Waals surface area (Å²) in [5.41, 5.74) is 0.711. The number of imide groups is 1. The van der Waals surface area contributed by atoms with Crippen molar-refractivity contribution in [2.75, 3.05) is 13.2 Å². The van der Waals surface area contributed by atoms with Crippen LogP contribution < -0.4 is 4.74 Å². The van der Waals surface area contributed by atoms with Gasteiger partial charge in [-0.15, -0.1) is 0 Å². The van der Waals surface area contributed by atoms with E-state index >= 15 is 0 Å². The molecule has 160 valence electrons. The molecule has 0 radical (unpaired) electrons. The van der Waals surface area contributed by atoms with E-state index in [1.807, 2.05) is 24.4 Å². The number of ether oxygens (including phenoxy) is 2. The number of aromatic nitrogens is 2. The third-order valence-corrected chi connectivity index (χ3v) is 5.25. The van der Waals surface area contributed by atoms with Gasteiger partial charge in [-0.05, 0) is 45.0 Å². The first-order valence-corrected chi connectivity index (χ1v) is 10.0. The lowest BCUT2D eigenvalue weighted by molar-refractivity contribution is -0.145. The number of carbonyl (C=O) groups is 3. The second kappa shape index (κ2) is 7.86. The topological polar surface area (TPSA) is 90.2 Å². The Kier molecular flexibility index (Phi) is 5.22. The molecule has 3 aromatic rings. The van der Waals surface area contributed by atoms with E-state index in [0.29, 0.717) is 34.6 Å². The fraction of sp³-hybridized carbons (Fsp3) is 0.304. The van der Waals surface area contributed by atoms with Crippen LogP contribution in [0.5, 0.6) is 5.75 Å². The highest BCUT2D eigenvalue weighted by molar-refractivity contribution is 6.21. The van der Waals surface area contributed by atoms with E-state index in [1.54, 1.807) is 49.5 Å². The van der Waals surface area contributed by atoms with Crippen LogP contribution in [0, 0.1) is 0 Å². The molecule has 0 saturated heterocycles. The lowest BCUT2D eigenvalue weighted by Crippen LogP contribution is -2.49. The molecule has 0 saturated carbocycles. The van der Waals surface area contributed by atoms with Crippen molar-refractivity contribution in [3.05, 3.63) is 65.7 Å². The number of imidazole rings is 1. The van der Waals surface area contributed by atoms with E-state index in [1.165, 1.54) is 4.90 Å². The third-order valence-electron chi connectivity index (χ3n) is 5.25. The number of carbonyl (C=O) groups excluding carboxylic acids is 3. The predicted molar refractivity (Wildman–Crippen MR) is 112 cm³/mol. The van der Waals surface area contributed by atoms with Gasteiger partial charge in [0, 0.05) is 12.6 Å². The van der Waals surface area contributed by atoms with Crippen LogP contribution in [0.4, 0.5) is 0 Å². The summed E-state index contributed by atoms with van der Waals surface area (Å²) in [6.45, 7) is 5.51. The molecule has 8 nitrogen and oxygen atoms in total. The highest BCUT2D eigenvalue weighted by atomic mass is 16.6. The van der Waals surface area contributed by atoms with Crippen molar-refractivity contribution in [3.63, 3.8) is 0 Å². The van der Waals surface area contributed by atoms with E-state index < -0.39 is 11.5 Å². The van der Waals surface area contributed by atoms with Gasteiger partial charge in [0.25, 0.3) is 11.8 Å². The lowest BCUT2D eigenvalue weighted by Gasteiger charge is -2.33. The standard InChI is InChI=1S/C23H23N3O5/c1-4-30-20(27)14-31-18-10-7-11-25-17(18)13-24-19(25)12-23(2,3)26-21(28)15-8-5-6-9-16(15)22(26)29/h5-11,13H,4,12,14H2,1-3H3. The van der Waals surface area contributed by atoms with Gasteiger partial charge in [-0.3, -0.25) is 14.5 Å². The normalized spacial score (nSPS) is 13.6. The van der Waals surface area contributed by atoms with Crippen LogP contribution in [0.3, 0.4) is 0 Å². The van der Waals surface area contributed by atoms with Gasteiger partial charge in [-0.1, -0.05) is 12.1 Å². The zero-order valence-corrected chi connectivity index (χ0v) is 17.6. The summed E-state index contributed by atoms with van der Waals surface area (Å²) >= 11 is 0. The zero-order valence-electron chi connectivity index (χ0n) is 17.6. The Labute approximate surface area is 179 Å². The minimum absolute atomic E-state index is 0.200. The van der Waals surface area contributed by atoms with E-state index in [2.05, 4.69) is 4.98 Å². The number of hydrogen-bond acceptors (Lipinski definition) is 6. The number of benzene rings is 1. The molecule has 1 aliphatic heterocycles. The highest BCUT2D eigenvalue weighted by Gasteiger charge is 2.44. The SMILES string of the molecule is CCOC(=O)COc1cccn2c(CC(C)(C)N3C(=O)c4ccccc4C3=O)ncc12. The van der Waals surface area contributed by atoms with Crippen LogP contribution >= 0.6 is 0 Å². The number of esters is 1. The van der Waals surface area contributed by atoms with Crippen molar-refractivity contribution in [2.24, 2.45) is 0 Å². The molecule has 0 atom stereocenters. The molecule has 0 N–H and O–H groups in total. The molecule has 1 aliphatic rings. The van der Waals surface area contributed by atoms with Crippen LogP contribution in [0.1, 0.15) is 47.3 Å². The van der Waals surface area contributed by atoms with Gasteiger partial charge < -0.3 is 13.9 Å². The lowest BCUT2D eigenvalue weighted by atomic mass is 9.97. The molecule has 2 aromatic heterocycles. The molecular weight excluding hydrogens is 398 g/mol. The Balaban J connectivity index is 1.59. The minimum Gasteiger partial charge on any atom is -0.480 e. The average molecular weight is 421 g/mol. The van der Waals surface area contributed by atoms with E-state index in [4.69, 9.17) is 9.47 Å². The molecule has 4 rings (SSSR count). The number of fused-ring (bicyclic) bond motifs is 2. The Morgan fingerprint density at radius 1 is 1.06 bits per heavy atom. The van der Waals surface area contributed by atoms with Gasteiger partial charge in [0.1, 0.15) is 17.1 Å². The van der Waals surface area contributed by atoms with Gasteiger partial charge in [-0.2, -0.15) is 0 Å². The Morgan fingerprint density at radius 2 is 1.74 bits per heavy atom. The van der Waals surface area contributed by atoms with Crippen molar-refractivity contribution in [2.45, 2.75) is 32.7 Å². The van der Waals surface area contributed by atoms with Crippen molar-refractivity contribution in [3.8, 4) is 5.75 Å². The fourth-order valence-corrected chi connectivity index (χ4v) is 3.85. The summed E-state index contributed by atoms with van der Waals surface area (Å²) in [6, 6.07) is 10.4. The summed E-state index contributed by atoms with van der Waals surface area (Å²) in [4.78, 5) is 43.2. The predicted octanol–water partition coefficient (Wildman–Crippen LogP) is 2.89. The molecule has 2 amide bonds. The maximum Gasteiger partial charge on any atom is 0.344 e. The first kappa shape index (κ1) is 20.6. The molecule has 0 unspecified atom stereocenters. The van der Waals surface area contributed by atoms with Crippen LogP contribution in [0.25, 0.3) is 5.52 Å². The Hall–Kier alpha value is -3.68. The van der Waals surface area contributed by atoms with Crippen molar-refractivity contribution >= 4 is 23.3 Å². The van der Waals surface area contributed by atoms with E-state index in [9.17, 15) is 14.4 Å². The second-order valence-corrected chi connectivity index (χ2v) is 7.88. The maximum absolute atomic E-state index is 12.9. The summed E-state index contributed by atoms with van der Waals surface area (Å²) in [5.74, 6) is 0.108. The summed E-state index contributed by atoms with van der Waals surface area (Å²) in [5, 5.41) is 0. The monoisotopic (exact) mass is 421 g/mol. The quantitative estimate of drug-likeness (QED) is 0.430. The highest BCUT2D eigenvalue weighted by Crippen LogP contribution is 2.32. The smallest absolute Gasteiger partial charge is 0.344 e. The number of rotatable bonds is 7. The van der Waals surface area contributed by atoms with Gasteiger partial charge in [0.15, 0.2) is 6.61 Å². The number of hydrogen-bond donors (Lipinski definition) is 0. The number of amides is 2. The molecular formula is C23H23N3O5. The van der Waals surface area contributed by atoms with E-state index in [-0.39, 0.29) is 25.0 Å². The Morgan fingerprint density at radius 3 is 2.39 bits per heavy atom. The number of pyridine rings is 1. The first-order valence-electron chi connectivity index (χ1n) is 10.0. The van der Waals surface area contributed by atoms with Crippen molar-refractivity contribution in [1.82, 2.24) is 14.3 Å². The summed E-state index contributed by atoms with van der Waals surface area (Å²) in [7, 11) is 0. The molecule has 1 aromatic carbocycles. The second-order valence-electron chi connectivity index (χ2n) is 7.88. The molecule has 31 heavy (non-hydrogen) atoms. The van der Waals surface area contributed by atoms with Crippen molar-refractivity contribution in [1.29, 1.82) is 0 Å². The molecule has 3 heterocycles. The maximum atomic E-state index is 12.9. The van der Waals surface area contributed by atoms with Crippen LogP contribution in [0.2, 0.25) is 0 Å². The Bertz CT molecular complexity index is 1150. The minimum atomic E-state index is -0.809.